The lowest BCUT2D eigenvalue weighted by atomic mass is 10.1. The second kappa shape index (κ2) is 8.97. The molecule has 0 saturated carbocycles. The van der Waals surface area contributed by atoms with Gasteiger partial charge in [-0.2, -0.15) is 0 Å². The third-order valence-corrected chi connectivity index (χ3v) is 2.13. The van der Waals surface area contributed by atoms with Gasteiger partial charge >= 0.3 is 0 Å². The van der Waals surface area contributed by atoms with Gasteiger partial charge in [0, 0.05) is 6.04 Å². The molecule has 12 heavy (non-hydrogen) atoms. The van der Waals surface area contributed by atoms with Crippen molar-refractivity contribution in [1.82, 2.24) is 16.0 Å². The van der Waals surface area contributed by atoms with Gasteiger partial charge in [-0.1, -0.05) is 0 Å². The Balaban J connectivity index is 3.26. The van der Waals surface area contributed by atoms with Crippen molar-refractivity contribution in [3.8, 4) is 0 Å². The first kappa shape index (κ1) is 11.9. The van der Waals surface area contributed by atoms with Gasteiger partial charge < -0.3 is 16.0 Å². The molecular formula is C9H23N3. The van der Waals surface area contributed by atoms with Crippen LogP contribution in [0.2, 0.25) is 0 Å². The predicted molar refractivity (Wildman–Crippen MR) is 54.6 cm³/mol. The van der Waals surface area contributed by atoms with Crippen LogP contribution in [-0.2, 0) is 0 Å². The van der Waals surface area contributed by atoms with Gasteiger partial charge in [0.15, 0.2) is 0 Å². The molecule has 0 bridgehead atoms. The Morgan fingerprint density at radius 3 is 2.08 bits per heavy atom. The number of hydrogen-bond donors (Lipinski definition) is 3. The van der Waals surface area contributed by atoms with E-state index in [9.17, 15) is 0 Å². The largest absolute Gasteiger partial charge is 0.320 e. The molecule has 3 nitrogen and oxygen atoms in total. The fourth-order valence-corrected chi connectivity index (χ4v) is 1.28. The van der Waals surface area contributed by atoms with Crippen molar-refractivity contribution in [2.24, 2.45) is 0 Å². The molecule has 0 spiro atoms. The molecule has 1 atom stereocenters. The normalized spacial score (nSPS) is 13.2. The highest BCUT2D eigenvalue weighted by Gasteiger charge is 2.03. The highest BCUT2D eigenvalue weighted by Crippen LogP contribution is 1.99. The zero-order valence-corrected chi connectivity index (χ0v) is 8.61. The van der Waals surface area contributed by atoms with Crippen molar-refractivity contribution in [2.75, 3.05) is 34.2 Å². The molecule has 1 unspecified atom stereocenters. The molecule has 0 fully saturated rings. The Kier molecular flexibility index (Phi) is 8.88. The highest BCUT2D eigenvalue weighted by molar-refractivity contribution is 4.65. The molecular weight excluding hydrogens is 150 g/mol. The summed E-state index contributed by atoms with van der Waals surface area (Å²) in [4.78, 5) is 0. The average Bonchev–Trinajstić information content (AvgIpc) is 2.11. The quantitative estimate of drug-likeness (QED) is 0.458. The predicted octanol–water partition coefficient (Wildman–Crippen LogP) is 0.184. The molecule has 74 valence electrons. The second-order valence-electron chi connectivity index (χ2n) is 3.12. The minimum atomic E-state index is 0.672. The van der Waals surface area contributed by atoms with E-state index in [4.69, 9.17) is 0 Å². The van der Waals surface area contributed by atoms with Crippen LogP contribution in [0.3, 0.4) is 0 Å². The van der Waals surface area contributed by atoms with Crippen molar-refractivity contribution in [1.29, 1.82) is 0 Å². The van der Waals surface area contributed by atoms with Crippen LogP contribution < -0.4 is 16.0 Å². The third-order valence-electron chi connectivity index (χ3n) is 2.13. The van der Waals surface area contributed by atoms with E-state index < -0.39 is 0 Å². The minimum absolute atomic E-state index is 0.672. The maximum absolute atomic E-state index is 3.33. The monoisotopic (exact) mass is 173 g/mol. The lowest BCUT2D eigenvalue weighted by molar-refractivity contribution is 0.462. The lowest BCUT2D eigenvalue weighted by Gasteiger charge is -2.15. The summed E-state index contributed by atoms with van der Waals surface area (Å²) in [6.07, 6.45) is 3.74. The zero-order chi connectivity index (χ0) is 9.23. The van der Waals surface area contributed by atoms with Crippen molar-refractivity contribution in [3.63, 3.8) is 0 Å². The Hall–Kier alpha value is -0.120. The summed E-state index contributed by atoms with van der Waals surface area (Å²) in [5.74, 6) is 0. The minimum Gasteiger partial charge on any atom is -0.320 e. The molecule has 0 radical (unpaired) electrons. The second-order valence-corrected chi connectivity index (χ2v) is 3.12. The van der Waals surface area contributed by atoms with Gasteiger partial charge in [0.1, 0.15) is 0 Å². The molecule has 0 aromatic carbocycles. The lowest BCUT2D eigenvalue weighted by Crippen LogP contribution is -2.29. The fraction of sp³-hybridized carbons (Fsp3) is 1.00. The van der Waals surface area contributed by atoms with E-state index in [1.54, 1.807) is 0 Å². The van der Waals surface area contributed by atoms with Crippen molar-refractivity contribution >= 4 is 0 Å². The molecule has 0 aliphatic carbocycles. The molecule has 0 aliphatic rings. The van der Waals surface area contributed by atoms with Crippen LogP contribution in [0.4, 0.5) is 0 Å². The third kappa shape index (κ3) is 6.58. The highest BCUT2D eigenvalue weighted by atomic mass is 14.9. The van der Waals surface area contributed by atoms with Crippen molar-refractivity contribution in [2.45, 2.75) is 25.3 Å². The summed E-state index contributed by atoms with van der Waals surface area (Å²) in [5, 5.41) is 9.66. The molecule has 0 aromatic rings. The summed E-state index contributed by atoms with van der Waals surface area (Å²) in [5.41, 5.74) is 0. The summed E-state index contributed by atoms with van der Waals surface area (Å²) in [6, 6.07) is 0.672. The topological polar surface area (TPSA) is 36.1 Å². The van der Waals surface area contributed by atoms with E-state index >= 15 is 0 Å². The molecule has 0 aromatic heterocycles. The van der Waals surface area contributed by atoms with Crippen molar-refractivity contribution in [3.05, 3.63) is 0 Å². The van der Waals surface area contributed by atoms with Crippen LogP contribution in [0.1, 0.15) is 19.3 Å². The van der Waals surface area contributed by atoms with E-state index in [0.29, 0.717) is 6.04 Å². The van der Waals surface area contributed by atoms with Gasteiger partial charge in [-0.25, -0.2) is 0 Å². The van der Waals surface area contributed by atoms with Crippen LogP contribution in [0.15, 0.2) is 0 Å². The van der Waals surface area contributed by atoms with Gasteiger partial charge in [0.25, 0.3) is 0 Å². The first-order chi connectivity index (χ1) is 5.85. The number of rotatable bonds is 8. The van der Waals surface area contributed by atoms with E-state index in [2.05, 4.69) is 16.0 Å². The molecule has 0 heterocycles. The molecule has 0 aliphatic heterocycles. The van der Waals surface area contributed by atoms with Crippen molar-refractivity contribution < 1.29 is 0 Å². The Labute approximate surface area is 76.3 Å². The SMILES string of the molecule is CNCCCC(CCNC)NC. The molecule has 0 saturated heterocycles. The van der Waals surface area contributed by atoms with Crippen LogP contribution >= 0.6 is 0 Å². The van der Waals surface area contributed by atoms with E-state index in [0.717, 1.165) is 13.1 Å². The van der Waals surface area contributed by atoms with Gasteiger partial charge in [-0.15, -0.1) is 0 Å². The molecule has 3 N–H and O–H groups in total. The summed E-state index contributed by atoms with van der Waals surface area (Å²) in [6.45, 7) is 2.22. The smallest absolute Gasteiger partial charge is 0.00766 e. The van der Waals surface area contributed by atoms with Gasteiger partial charge in [-0.3, -0.25) is 0 Å². The van der Waals surface area contributed by atoms with Crippen LogP contribution in [0, 0.1) is 0 Å². The van der Waals surface area contributed by atoms with E-state index in [1.165, 1.54) is 19.3 Å². The van der Waals surface area contributed by atoms with Gasteiger partial charge in [0.05, 0.1) is 0 Å². The molecule has 0 rings (SSSR count). The van der Waals surface area contributed by atoms with Gasteiger partial charge in [-0.05, 0) is 53.5 Å². The standard InChI is InChI=1S/C9H23N3/c1-10-7-4-5-9(12-3)6-8-11-2/h9-12H,4-8H2,1-3H3. The Morgan fingerprint density at radius 2 is 1.58 bits per heavy atom. The number of hydrogen-bond acceptors (Lipinski definition) is 3. The van der Waals surface area contributed by atoms with Crippen LogP contribution in [-0.4, -0.2) is 40.3 Å². The van der Waals surface area contributed by atoms with E-state index in [1.807, 2.05) is 21.1 Å². The first-order valence-electron chi connectivity index (χ1n) is 4.81. The van der Waals surface area contributed by atoms with E-state index in [-0.39, 0.29) is 0 Å². The first-order valence-corrected chi connectivity index (χ1v) is 4.81. The maximum atomic E-state index is 3.33. The summed E-state index contributed by atoms with van der Waals surface area (Å²) >= 11 is 0. The Morgan fingerprint density at radius 1 is 0.917 bits per heavy atom. The zero-order valence-electron chi connectivity index (χ0n) is 8.61. The fourth-order valence-electron chi connectivity index (χ4n) is 1.28. The maximum Gasteiger partial charge on any atom is 0.00766 e. The van der Waals surface area contributed by atoms with Gasteiger partial charge in [0.2, 0.25) is 0 Å². The molecule has 0 amide bonds. The summed E-state index contributed by atoms with van der Waals surface area (Å²) in [7, 11) is 6.04. The number of nitrogens with one attached hydrogen (secondary N) is 3. The molecule has 3 heteroatoms. The van der Waals surface area contributed by atoms with Crippen LogP contribution in [0.5, 0.6) is 0 Å². The van der Waals surface area contributed by atoms with Crippen LogP contribution in [0.25, 0.3) is 0 Å². The summed E-state index contributed by atoms with van der Waals surface area (Å²) < 4.78 is 0. The average molecular weight is 173 g/mol. The Bertz CT molecular complexity index is 85.8.